The minimum atomic E-state index is -0.863. The maximum absolute atomic E-state index is 11.2. The number of aliphatic imine (C=N–C) groups is 2. The first-order chi connectivity index (χ1) is 7.54. The van der Waals surface area contributed by atoms with E-state index in [1.54, 1.807) is 0 Å². The average Bonchev–Trinajstić information content (AvgIpc) is 2.43. The maximum Gasteiger partial charge on any atom is 0.343 e. The van der Waals surface area contributed by atoms with E-state index in [1.807, 2.05) is 0 Å². The zero-order valence-corrected chi connectivity index (χ0v) is 9.21. The van der Waals surface area contributed by atoms with Gasteiger partial charge in [0.2, 0.25) is 22.8 Å². The highest BCUT2D eigenvalue weighted by molar-refractivity contribution is 6.66. The predicted octanol–water partition coefficient (Wildman–Crippen LogP) is -0.881. The summed E-state index contributed by atoms with van der Waals surface area (Å²) in [5.41, 5.74) is 1.69. The van der Waals surface area contributed by atoms with Crippen molar-refractivity contribution in [3.05, 3.63) is 0 Å². The van der Waals surface area contributed by atoms with Crippen LogP contribution in [0.25, 0.3) is 0 Å². The van der Waals surface area contributed by atoms with E-state index in [2.05, 4.69) is 26.0 Å². The summed E-state index contributed by atoms with van der Waals surface area (Å²) in [4.78, 5) is 29.5. The lowest BCUT2D eigenvalue weighted by Crippen LogP contribution is -2.51. The second-order valence-corrected chi connectivity index (χ2v) is 3.63. The number of hydrogen-bond donors (Lipinski definition) is 3. The third-order valence-electron chi connectivity index (χ3n) is 1.71. The molecule has 10 heteroatoms. The number of amidine groups is 1. The summed E-state index contributed by atoms with van der Waals surface area (Å²) in [5.74, 6) is -0.263. The average molecular weight is 265 g/mol. The van der Waals surface area contributed by atoms with Crippen LogP contribution in [-0.2, 0) is 4.79 Å². The van der Waals surface area contributed by atoms with E-state index in [0.717, 1.165) is 5.01 Å². The first-order valence-electron chi connectivity index (χ1n) is 4.15. The van der Waals surface area contributed by atoms with Gasteiger partial charge in [0.1, 0.15) is 6.54 Å². The lowest BCUT2D eigenvalue weighted by Gasteiger charge is -2.20. The lowest BCUT2D eigenvalue weighted by atomic mass is 10.6. The Morgan fingerprint density at radius 1 is 1.38 bits per heavy atom. The molecule has 0 aromatic heterocycles. The highest BCUT2D eigenvalue weighted by Gasteiger charge is 2.28. The standard InChI is InChI=1S/C6H6Cl2N6O2/c7-3-10-4(8)12-5(11-3)13-14-1-2(15)9-6(14)16/h3H,1H2,(H,9,15,16)(H2,10,11,12,13). The van der Waals surface area contributed by atoms with Gasteiger partial charge in [0.15, 0.2) is 0 Å². The van der Waals surface area contributed by atoms with Gasteiger partial charge in [-0.15, -0.1) is 0 Å². The molecule has 1 unspecified atom stereocenters. The zero-order valence-electron chi connectivity index (χ0n) is 7.70. The fourth-order valence-electron chi connectivity index (χ4n) is 1.11. The Morgan fingerprint density at radius 3 is 2.69 bits per heavy atom. The molecule has 2 aliphatic heterocycles. The molecule has 3 amide bonds. The summed E-state index contributed by atoms with van der Waals surface area (Å²) in [7, 11) is 0. The predicted molar refractivity (Wildman–Crippen MR) is 56.9 cm³/mol. The highest BCUT2D eigenvalue weighted by Crippen LogP contribution is 2.05. The van der Waals surface area contributed by atoms with Crippen molar-refractivity contribution in [3.8, 4) is 0 Å². The van der Waals surface area contributed by atoms with E-state index in [0.29, 0.717) is 0 Å². The van der Waals surface area contributed by atoms with Crippen molar-refractivity contribution in [2.75, 3.05) is 6.54 Å². The Hall–Kier alpha value is -1.54. The first kappa shape index (κ1) is 11.0. The van der Waals surface area contributed by atoms with Gasteiger partial charge in [-0.25, -0.2) is 19.8 Å². The summed E-state index contributed by atoms with van der Waals surface area (Å²) in [6, 6.07) is -0.570. The van der Waals surface area contributed by atoms with Crippen LogP contribution >= 0.6 is 23.2 Å². The van der Waals surface area contributed by atoms with Gasteiger partial charge in [0, 0.05) is 0 Å². The van der Waals surface area contributed by atoms with E-state index in [4.69, 9.17) is 23.2 Å². The molecular weight excluding hydrogens is 259 g/mol. The van der Waals surface area contributed by atoms with Crippen LogP contribution in [0.15, 0.2) is 9.98 Å². The van der Waals surface area contributed by atoms with Crippen LogP contribution in [0.2, 0.25) is 0 Å². The molecule has 0 aliphatic carbocycles. The van der Waals surface area contributed by atoms with Gasteiger partial charge in [-0.3, -0.25) is 20.9 Å². The SMILES string of the molecule is O=C1CN(NC2=NC(Cl)N=C(Cl)N2)C(=O)N1. The van der Waals surface area contributed by atoms with Crippen LogP contribution < -0.4 is 16.1 Å². The summed E-state index contributed by atoms with van der Waals surface area (Å²) >= 11 is 11.2. The molecule has 0 radical (unpaired) electrons. The molecule has 2 aliphatic rings. The molecule has 3 N–H and O–H groups in total. The highest BCUT2D eigenvalue weighted by atomic mass is 35.5. The molecule has 0 bridgehead atoms. The van der Waals surface area contributed by atoms with Gasteiger partial charge in [0.25, 0.3) is 0 Å². The monoisotopic (exact) mass is 264 g/mol. The number of hydrazine groups is 1. The van der Waals surface area contributed by atoms with Crippen LogP contribution in [0.3, 0.4) is 0 Å². The third kappa shape index (κ3) is 2.34. The van der Waals surface area contributed by atoms with Crippen molar-refractivity contribution in [2.45, 2.75) is 5.62 Å². The Labute approximate surface area is 99.7 Å². The first-order valence-corrected chi connectivity index (χ1v) is 4.96. The molecule has 1 saturated heterocycles. The van der Waals surface area contributed by atoms with Crippen molar-refractivity contribution < 1.29 is 9.59 Å². The maximum atomic E-state index is 11.2. The van der Waals surface area contributed by atoms with E-state index in [-0.39, 0.29) is 17.8 Å². The van der Waals surface area contributed by atoms with Crippen molar-refractivity contribution in [3.63, 3.8) is 0 Å². The van der Waals surface area contributed by atoms with Gasteiger partial charge in [-0.2, -0.15) is 0 Å². The summed E-state index contributed by atoms with van der Waals surface area (Å²) in [6.07, 6.45) is 0. The van der Waals surface area contributed by atoms with Crippen molar-refractivity contribution in [1.29, 1.82) is 0 Å². The number of carbonyl (C=O) groups excluding carboxylic acids is 2. The van der Waals surface area contributed by atoms with Crippen molar-refractivity contribution in [2.24, 2.45) is 9.98 Å². The lowest BCUT2D eigenvalue weighted by molar-refractivity contribution is -0.118. The number of nitrogens with zero attached hydrogens (tertiary/aromatic N) is 3. The third-order valence-corrected chi connectivity index (χ3v) is 2.10. The van der Waals surface area contributed by atoms with Gasteiger partial charge >= 0.3 is 6.03 Å². The number of urea groups is 1. The number of hydrogen-bond acceptors (Lipinski definition) is 6. The largest absolute Gasteiger partial charge is 0.343 e. The van der Waals surface area contributed by atoms with E-state index in [1.165, 1.54) is 0 Å². The molecule has 86 valence electrons. The second-order valence-electron chi connectivity index (χ2n) is 2.88. The molecule has 0 saturated carbocycles. The number of amides is 3. The van der Waals surface area contributed by atoms with Crippen LogP contribution in [0.5, 0.6) is 0 Å². The van der Waals surface area contributed by atoms with Crippen LogP contribution in [0.4, 0.5) is 4.79 Å². The van der Waals surface area contributed by atoms with Crippen molar-refractivity contribution in [1.82, 2.24) is 21.1 Å². The van der Waals surface area contributed by atoms with Crippen LogP contribution in [-0.4, -0.2) is 40.4 Å². The molecule has 0 spiro atoms. The molecule has 1 atom stereocenters. The minimum absolute atomic E-state index is 0.0448. The number of rotatable bonds is 1. The molecule has 8 nitrogen and oxygen atoms in total. The number of carbonyl (C=O) groups is 2. The van der Waals surface area contributed by atoms with E-state index >= 15 is 0 Å². The Bertz CT molecular complexity index is 408. The topological polar surface area (TPSA) is 98.2 Å². The quantitative estimate of drug-likeness (QED) is 0.326. The molecular formula is C6H6Cl2N6O2. The van der Waals surface area contributed by atoms with Crippen LogP contribution in [0.1, 0.15) is 0 Å². The number of alkyl halides is 1. The normalized spacial score (nSPS) is 24.6. The molecule has 1 fully saturated rings. The molecule has 0 aromatic rings. The summed E-state index contributed by atoms with van der Waals surface area (Å²) in [6.45, 7) is -0.110. The number of imide groups is 1. The summed E-state index contributed by atoms with van der Waals surface area (Å²) < 4.78 is 0. The fraction of sp³-hybridized carbons (Fsp3) is 0.333. The van der Waals surface area contributed by atoms with E-state index < -0.39 is 17.6 Å². The Balaban J connectivity index is 2.01. The Morgan fingerprint density at radius 2 is 2.12 bits per heavy atom. The van der Waals surface area contributed by atoms with E-state index in [9.17, 15) is 9.59 Å². The number of halogens is 2. The summed E-state index contributed by atoms with van der Waals surface area (Å²) in [5, 5.41) is 5.71. The molecule has 0 aromatic carbocycles. The van der Waals surface area contributed by atoms with Gasteiger partial charge in [-0.05, 0) is 11.6 Å². The smallest absolute Gasteiger partial charge is 0.300 e. The zero-order chi connectivity index (χ0) is 11.7. The van der Waals surface area contributed by atoms with Gasteiger partial charge in [-0.1, -0.05) is 11.6 Å². The molecule has 16 heavy (non-hydrogen) atoms. The molecule has 2 rings (SSSR count). The number of nitrogens with one attached hydrogen (secondary N) is 3. The molecule has 2 heterocycles. The van der Waals surface area contributed by atoms with Crippen molar-refractivity contribution >= 4 is 46.4 Å². The van der Waals surface area contributed by atoms with Gasteiger partial charge < -0.3 is 0 Å². The number of guanidine groups is 1. The fourth-order valence-corrected chi connectivity index (χ4v) is 1.53. The van der Waals surface area contributed by atoms with Crippen LogP contribution in [0, 0.1) is 0 Å². The van der Waals surface area contributed by atoms with Gasteiger partial charge in [0.05, 0.1) is 0 Å². The second kappa shape index (κ2) is 4.14. The Kier molecular flexibility index (Phi) is 2.84. The minimum Gasteiger partial charge on any atom is -0.300 e.